The standard InChI is InChI=1S/C17H20N4O3/c1-20-7-6-11-8-12(4-5-14(11)20)15(22)9-18-16(23)13-10-21(2)19-17(13)24-3/h4-8,10,15,22H,9H2,1-3H3,(H,18,23)/t15-/m0/s1. The zero-order chi connectivity index (χ0) is 17.3. The van der Waals surface area contributed by atoms with Crippen LogP contribution in [0.2, 0.25) is 0 Å². The molecule has 0 saturated heterocycles. The molecule has 126 valence electrons. The molecule has 1 atom stereocenters. The highest BCUT2D eigenvalue weighted by Crippen LogP contribution is 2.21. The number of carbonyl (C=O) groups excluding carboxylic acids is 1. The van der Waals surface area contributed by atoms with Crippen LogP contribution in [-0.4, -0.2) is 39.0 Å². The number of aliphatic hydroxyl groups excluding tert-OH is 1. The molecule has 2 heterocycles. The molecule has 7 heteroatoms. The Morgan fingerprint density at radius 2 is 2.17 bits per heavy atom. The van der Waals surface area contributed by atoms with Gasteiger partial charge < -0.3 is 19.7 Å². The number of fused-ring (bicyclic) bond motifs is 1. The van der Waals surface area contributed by atoms with Crippen LogP contribution >= 0.6 is 0 Å². The molecule has 0 radical (unpaired) electrons. The number of carbonyl (C=O) groups is 1. The number of aromatic nitrogens is 3. The zero-order valence-corrected chi connectivity index (χ0v) is 13.9. The first-order valence-electron chi connectivity index (χ1n) is 7.58. The third-order valence-corrected chi connectivity index (χ3v) is 3.98. The van der Waals surface area contributed by atoms with Crippen molar-refractivity contribution in [1.82, 2.24) is 19.7 Å². The zero-order valence-electron chi connectivity index (χ0n) is 13.9. The number of rotatable bonds is 5. The Balaban J connectivity index is 1.69. The molecule has 7 nitrogen and oxygen atoms in total. The quantitative estimate of drug-likeness (QED) is 0.741. The van der Waals surface area contributed by atoms with E-state index in [-0.39, 0.29) is 18.3 Å². The lowest BCUT2D eigenvalue weighted by atomic mass is 10.1. The molecule has 0 saturated carbocycles. The molecule has 0 fully saturated rings. The van der Waals surface area contributed by atoms with Crippen LogP contribution in [-0.2, 0) is 14.1 Å². The molecule has 0 spiro atoms. The number of methoxy groups -OCH3 is 1. The van der Waals surface area contributed by atoms with Crippen molar-refractivity contribution in [3.8, 4) is 5.88 Å². The van der Waals surface area contributed by atoms with E-state index in [4.69, 9.17) is 4.74 Å². The van der Waals surface area contributed by atoms with E-state index in [1.165, 1.54) is 11.8 Å². The van der Waals surface area contributed by atoms with Crippen molar-refractivity contribution < 1.29 is 14.6 Å². The highest BCUT2D eigenvalue weighted by Gasteiger charge is 2.18. The van der Waals surface area contributed by atoms with Gasteiger partial charge in [0, 0.05) is 38.6 Å². The van der Waals surface area contributed by atoms with Gasteiger partial charge in [0.25, 0.3) is 5.91 Å². The Morgan fingerprint density at radius 1 is 1.38 bits per heavy atom. The third-order valence-electron chi connectivity index (χ3n) is 3.98. The number of nitrogens with one attached hydrogen (secondary N) is 1. The summed E-state index contributed by atoms with van der Waals surface area (Å²) in [5.74, 6) is -0.0741. The van der Waals surface area contributed by atoms with E-state index in [1.807, 2.05) is 42.1 Å². The maximum atomic E-state index is 12.2. The second kappa shape index (κ2) is 6.37. The summed E-state index contributed by atoms with van der Waals surface area (Å²) in [6.45, 7) is 0.106. The molecule has 0 aliphatic heterocycles. The Morgan fingerprint density at radius 3 is 2.92 bits per heavy atom. The highest BCUT2D eigenvalue weighted by atomic mass is 16.5. The van der Waals surface area contributed by atoms with E-state index in [0.717, 1.165) is 16.5 Å². The van der Waals surface area contributed by atoms with Crippen LogP contribution in [0.15, 0.2) is 36.7 Å². The van der Waals surface area contributed by atoms with Gasteiger partial charge in [-0.1, -0.05) is 6.07 Å². The van der Waals surface area contributed by atoms with Crippen molar-refractivity contribution in [2.24, 2.45) is 14.1 Å². The summed E-state index contributed by atoms with van der Waals surface area (Å²) in [5.41, 5.74) is 2.19. The SMILES string of the molecule is COc1nn(C)cc1C(=O)NC[C@H](O)c1ccc2c(ccn2C)c1. The number of benzene rings is 1. The summed E-state index contributed by atoms with van der Waals surface area (Å²) in [5, 5.41) is 18.1. The number of amides is 1. The van der Waals surface area contributed by atoms with Crippen LogP contribution in [0.4, 0.5) is 0 Å². The molecule has 1 amide bonds. The fourth-order valence-corrected chi connectivity index (χ4v) is 2.68. The predicted octanol–water partition coefficient (Wildman–Crippen LogP) is 1.38. The molecule has 3 rings (SSSR count). The fraction of sp³-hybridized carbons (Fsp3) is 0.294. The van der Waals surface area contributed by atoms with Crippen molar-refractivity contribution >= 4 is 16.8 Å². The first-order chi connectivity index (χ1) is 11.5. The van der Waals surface area contributed by atoms with Crippen LogP contribution in [0.3, 0.4) is 0 Å². The maximum Gasteiger partial charge on any atom is 0.258 e. The fourth-order valence-electron chi connectivity index (χ4n) is 2.68. The van der Waals surface area contributed by atoms with Crippen molar-refractivity contribution in [1.29, 1.82) is 0 Å². The van der Waals surface area contributed by atoms with Crippen molar-refractivity contribution in [2.75, 3.05) is 13.7 Å². The molecular weight excluding hydrogens is 308 g/mol. The Kier molecular flexibility index (Phi) is 4.26. The predicted molar refractivity (Wildman–Crippen MR) is 90.0 cm³/mol. The number of ether oxygens (including phenoxy) is 1. The van der Waals surface area contributed by atoms with Crippen molar-refractivity contribution in [3.63, 3.8) is 0 Å². The first kappa shape index (κ1) is 16.1. The molecule has 0 aliphatic carbocycles. The summed E-state index contributed by atoms with van der Waals surface area (Å²) < 4.78 is 8.59. The summed E-state index contributed by atoms with van der Waals surface area (Å²) in [7, 11) is 5.15. The largest absolute Gasteiger partial charge is 0.479 e. The Labute approximate surface area is 139 Å². The van der Waals surface area contributed by atoms with E-state index >= 15 is 0 Å². The van der Waals surface area contributed by atoms with Crippen LogP contribution in [0.5, 0.6) is 5.88 Å². The maximum absolute atomic E-state index is 12.2. The minimum Gasteiger partial charge on any atom is -0.479 e. The topological polar surface area (TPSA) is 81.3 Å². The minimum atomic E-state index is -0.791. The molecule has 24 heavy (non-hydrogen) atoms. The lowest BCUT2D eigenvalue weighted by molar-refractivity contribution is 0.0913. The molecule has 1 aromatic carbocycles. The van der Waals surface area contributed by atoms with E-state index < -0.39 is 6.10 Å². The number of aliphatic hydroxyl groups is 1. The number of nitrogens with zero attached hydrogens (tertiary/aromatic N) is 3. The summed E-state index contributed by atoms with van der Waals surface area (Å²) in [6, 6.07) is 7.74. The van der Waals surface area contributed by atoms with Gasteiger partial charge in [-0.15, -0.1) is 5.10 Å². The number of hydrogen-bond acceptors (Lipinski definition) is 4. The lowest BCUT2D eigenvalue weighted by Gasteiger charge is -2.12. The van der Waals surface area contributed by atoms with Gasteiger partial charge in [0.2, 0.25) is 5.88 Å². The number of aryl methyl sites for hydroxylation is 2. The molecule has 0 aliphatic rings. The average molecular weight is 328 g/mol. The van der Waals surface area contributed by atoms with Gasteiger partial charge in [-0.2, -0.15) is 0 Å². The summed E-state index contributed by atoms with van der Waals surface area (Å²) in [6.07, 6.45) is 2.76. The molecule has 2 aromatic heterocycles. The molecule has 0 unspecified atom stereocenters. The summed E-state index contributed by atoms with van der Waals surface area (Å²) in [4.78, 5) is 12.2. The van der Waals surface area contributed by atoms with Gasteiger partial charge in [-0.05, 0) is 29.1 Å². The highest BCUT2D eigenvalue weighted by molar-refractivity contribution is 5.96. The Bertz CT molecular complexity index is 881. The van der Waals surface area contributed by atoms with E-state index in [0.29, 0.717) is 5.56 Å². The van der Waals surface area contributed by atoms with Crippen LogP contribution in [0, 0.1) is 0 Å². The van der Waals surface area contributed by atoms with Gasteiger partial charge in [0.15, 0.2) is 0 Å². The van der Waals surface area contributed by atoms with Crippen molar-refractivity contribution in [2.45, 2.75) is 6.10 Å². The van der Waals surface area contributed by atoms with Crippen LogP contribution in [0.1, 0.15) is 22.0 Å². The second-order valence-corrected chi connectivity index (χ2v) is 5.70. The first-order valence-corrected chi connectivity index (χ1v) is 7.58. The van der Waals surface area contributed by atoms with Gasteiger partial charge >= 0.3 is 0 Å². The normalized spacial score (nSPS) is 12.3. The third kappa shape index (κ3) is 2.98. The van der Waals surface area contributed by atoms with Gasteiger partial charge in [0.05, 0.1) is 13.2 Å². The number of hydrogen-bond donors (Lipinski definition) is 2. The van der Waals surface area contributed by atoms with E-state index in [1.54, 1.807) is 13.2 Å². The van der Waals surface area contributed by atoms with Crippen molar-refractivity contribution in [3.05, 3.63) is 47.8 Å². The average Bonchev–Trinajstić information content (AvgIpc) is 3.14. The van der Waals surface area contributed by atoms with Gasteiger partial charge in [-0.3, -0.25) is 9.48 Å². The van der Waals surface area contributed by atoms with E-state index in [9.17, 15) is 9.90 Å². The molecular formula is C17H20N4O3. The van der Waals surface area contributed by atoms with Crippen LogP contribution in [0.25, 0.3) is 10.9 Å². The van der Waals surface area contributed by atoms with E-state index in [2.05, 4.69) is 10.4 Å². The molecule has 0 bridgehead atoms. The monoisotopic (exact) mass is 328 g/mol. The smallest absolute Gasteiger partial charge is 0.258 e. The minimum absolute atomic E-state index is 0.106. The lowest BCUT2D eigenvalue weighted by Crippen LogP contribution is -2.28. The second-order valence-electron chi connectivity index (χ2n) is 5.70. The van der Waals surface area contributed by atoms with Gasteiger partial charge in [0.1, 0.15) is 5.56 Å². The Hall–Kier alpha value is -2.80. The van der Waals surface area contributed by atoms with Crippen LogP contribution < -0.4 is 10.1 Å². The summed E-state index contributed by atoms with van der Waals surface area (Å²) >= 11 is 0. The molecule has 3 aromatic rings. The van der Waals surface area contributed by atoms with Gasteiger partial charge in [-0.25, -0.2) is 0 Å². The molecule has 2 N–H and O–H groups in total.